The van der Waals surface area contributed by atoms with Gasteiger partial charge in [-0.3, -0.25) is 0 Å². The molecule has 1 aliphatic carbocycles. The van der Waals surface area contributed by atoms with Crippen LogP contribution in [0.2, 0.25) is 0 Å². The lowest BCUT2D eigenvalue weighted by Gasteiger charge is -2.14. The Morgan fingerprint density at radius 3 is 2.54 bits per heavy atom. The van der Waals surface area contributed by atoms with Gasteiger partial charge in [0.1, 0.15) is 11.9 Å². The summed E-state index contributed by atoms with van der Waals surface area (Å²) < 4.78 is 7.39. The third-order valence-electron chi connectivity index (χ3n) is 4.86. The molecule has 2 atom stereocenters. The van der Waals surface area contributed by atoms with Crippen molar-refractivity contribution < 1.29 is 4.74 Å². The minimum Gasteiger partial charge on any atom is -0.484 e. The Labute approximate surface area is 149 Å². The van der Waals surface area contributed by atoms with Gasteiger partial charge in [0, 0.05) is 21.3 Å². The fourth-order valence-corrected chi connectivity index (χ4v) is 4.16. The van der Waals surface area contributed by atoms with Crippen LogP contribution < -0.4 is 4.74 Å². The van der Waals surface area contributed by atoms with Crippen LogP contribution in [-0.4, -0.2) is 6.10 Å². The monoisotopic (exact) mass is 374 g/mol. The first-order valence-electron chi connectivity index (χ1n) is 8.14. The maximum absolute atomic E-state index is 6.29. The number of benzene rings is 3. The van der Waals surface area contributed by atoms with Gasteiger partial charge in [-0.05, 0) is 40.8 Å². The van der Waals surface area contributed by atoms with Crippen LogP contribution in [0.1, 0.15) is 11.5 Å². The van der Waals surface area contributed by atoms with Crippen molar-refractivity contribution in [2.75, 3.05) is 0 Å². The zero-order chi connectivity index (χ0) is 16.1. The average Bonchev–Trinajstić information content (AvgIpc) is 3.00. The van der Waals surface area contributed by atoms with E-state index in [-0.39, 0.29) is 6.10 Å². The standard InChI is InChI=1S/C22H15BrO/c23-15-7-5-6-14(12-15)19-13-20-17-9-3-4-11-21(17)24-22(20)18-10-2-1-8-16(18)19/h1-13,17,21H. The molecule has 0 saturated carbocycles. The van der Waals surface area contributed by atoms with Crippen LogP contribution in [-0.2, 0) is 0 Å². The third-order valence-corrected chi connectivity index (χ3v) is 5.35. The Morgan fingerprint density at radius 2 is 1.67 bits per heavy atom. The first-order chi connectivity index (χ1) is 11.8. The van der Waals surface area contributed by atoms with Gasteiger partial charge < -0.3 is 4.74 Å². The number of ether oxygens (including phenoxy) is 1. The highest BCUT2D eigenvalue weighted by Gasteiger charge is 2.34. The lowest BCUT2D eigenvalue weighted by molar-refractivity contribution is 0.271. The van der Waals surface area contributed by atoms with E-state index in [4.69, 9.17) is 4.74 Å². The Morgan fingerprint density at radius 1 is 0.833 bits per heavy atom. The second-order valence-electron chi connectivity index (χ2n) is 6.28. The highest BCUT2D eigenvalue weighted by Crippen LogP contribution is 2.48. The second-order valence-corrected chi connectivity index (χ2v) is 7.19. The Balaban J connectivity index is 1.82. The molecule has 0 fully saturated rings. The van der Waals surface area contributed by atoms with Gasteiger partial charge >= 0.3 is 0 Å². The molecule has 0 spiro atoms. The van der Waals surface area contributed by atoms with Crippen LogP contribution in [0, 0.1) is 0 Å². The summed E-state index contributed by atoms with van der Waals surface area (Å²) in [5, 5.41) is 2.43. The van der Waals surface area contributed by atoms with E-state index in [1.165, 1.54) is 27.5 Å². The predicted octanol–water partition coefficient (Wildman–Crippen LogP) is 6.24. The quantitative estimate of drug-likeness (QED) is 0.489. The summed E-state index contributed by atoms with van der Waals surface area (Å²) in [5.74, 6) is 1.34. The maximum atomic E-state index is 6.29. The fraction of sp³-hybridized carbons (Fsp3) is 0.0909. The Kier molecular flexibility index (Phi) is 3.14. The second kappa shape index (κ2) is 5.35. The van der Waals surface area contributed by atoms with Crippen LogP contribution in [0.5, 0.6) is 5.75 Å². The molecular weight excluding hydrogens is 360 g/mol. The Hall–Kier alpha value is -2.32. The van der Waals surface area contributed by atoms with Crippen molar-refractivity contribution in [2.24, 2.45) is 0 Å². The van der Waals surface area contributed by atoms with E-state index in [2.05, 4.69) is 94.8 Å². The predicted molar refractivity (Wildman–Crippen MR) is 103 cm³/mol. The van der Waals surface area contributed by atoms with Gasteiger partial charge in [0.05, 0.1) is 0 Å². The number of rotatable bonds is 1. The molecule has 3 aromatic carbocycles. The molecule has 2 aliphatic rings. The zero-order valence-electron chi connectivity index (χ0n) is 12.9. The number of hydrogen-bond donors (Lipinski definition) is 0. The largest absolute Gasteiger partial charge is 0.484 e. The molecule has 0 radical (unpaired) electrons. The van der Waals surface area contributed by atoms with Crippen LogP contribution in [0.4, 0.5) is 0 Å². The molecule has 1 nitrogen and oxygen atoms in total. The molecule has 0 amide bonds. The van der Waals surface area contributed by atoms with Crippen LogP contribution in [0.25, 0.3) is 21.9 Å². The normalized spacial score (nSPS) is 20.7. The van der Waals surface area contributed by atoms with Crippen molar-refractivity contribution in [2.45, 2.75) is 12.0 Å². The van der Waals surface area contributed by atoms with Gasteiger partial charge in [-0.1, -0.05) is 70.6 Å². The molecule has 116 valence electrons. The molecule has 2 heteroatoms. The summed E-state index contributed by atoms with van der Waals surface area (Å²) in [6.45, 7) is 0. The third kappa shape index (κ3) is 2.06. The summed E-state index contributed by atoms with van der Waals surface area (Å²) in [7, 11) is 0. The first kappa shape index (κ1) is 14.1. The number of hydrogen-bond acceptors (Lipinski definition) is 1. The minimum absolute atomic E-state index is 0.117. The van der Waals surface area contributed by atoms with Gasteiger partial charge in [-0.25, -0.2) is 0 Å². The molecule has 3 aromatic rings. The summed E-state index contributed by atoms with van der Waals surface area (Å²) in [5.41, 5.74) is 3.77. The van der Waals surface area contributed by atoms with Crippen molar-refractivity contribution in [3.63, 3.8) is 0 Å². The van der Waals surface area contributed by atoms with Crippen molar-refractivity contribution in [1.82, 2.24) is 0 Å². The van der Waals surface area contributed by atoms with Crippen molar-refractivity contribution in [3.05, 3.63) is 88.9 Å². The molecule has 1 heterocycles. The lowest BCUT2D eigenvalue weighted by Crippen LogP contribution is -2.15. The molecule has 0 N–H and O–H groups in total. The van der Waals surface area contributed by atoms with Crippen LogP contribution >= 0.6 is 15.9 Å². The fourth-order valence-electron chi connectivity index (χ4n) is 3.76. The van der Waals surface area contributed by atoms with Crippen molar-refractivity contribution in [1.29, 1.82) is 0 Å². The van der Waals surface area contributed by atoms with E-state index in [1.807, 2.05) is 0 Å². The van der Waals surface area contributed by atoms with Gasteiger partial charge in [-0.15, -0.1) is 0 Å². The molecule has 0 bridgehead atoms. The summed E-state index contributed by atoms with van der Waals surface area (Å²) in [4.78, 5) is 0. The lowest BCUT2D eigenvalue weighted by atomic mass is 9.87. The molecular formula is C22H15BrO. The summed E-state index contributed by atoms with van der Waals surface area (Å²) in [6, 6.07) is 19.3. The van der Waals surface area contributed by atoms with Crippen LogP contribution in [0.15, 0.2) is 83.4 Å². The number of allylic oxidation sites excluding steroid dienone is 2. The Bertz CT molecular complexity index is 1020. The summed E-state index contributed by atoms with van der Waals surface area (Å²) >= 11 is 3.60. The number of fused-ring (bicyclic) bond motifs is 5. The number of halogens is 1. The highest BCUT2D eigenvalue weighted by atomic mass is 79.9. The van der Waals surface area contributed by atoms with E-state index in [9.17, 15) is 0 Å². The van der Waals surface area contributed by atoms with E-state index < -0.39 is 0 Å². The minimum atomic E-state index is 0.117. The van der Waals surface area contributed by atoms with E-state index >= 15 is 0 Å². The topological polar surface area (TPSA) is 9.23 Å². The highest BCUT2D eigenvalue weighted by molar-refractivity contribution is 9.10. The van der Waals surface area contributed by atoms with E-state index in [0.29, 0.717) is 5.92 Å². The molecule has 2 unspecified atom stereocenters. The molecule has 0 saturated heterocycles. The van der Waals surface area contributed by atoms with E-state index in [0.717, 1.165) is 10.2 Å². The molecule has 0 aromatic heterocycles. The molecule has 5 rings (SSSR count). The first-order valence-corrected chi connectivity index (χ1v) is 8.94. The SMILES string of the molecule is Brc1cccc(-c2cc3c(c4ccccc24)OC2C=CC=CC32)c1. The zero-order valence-corrected chi connectivity index (χ0v) is 14.5. The van der Waals surface area contributed by atoms with Crippen molar-refractivity contribution in [3.8, 4) is 16.9 Å². The summed E-state index contributed by atoms with van der Waals surface area (Å²) in [6.07, 6.45) is 8.71. The van der Waals surface area contributed by atoms with Crippen molar-refractivity contribution >= 4 is 26.7 Å². The van der Waals surface area contributed by atoms with Crippen LogP contribution in [0.3, 0.4) is 0 Å². The molecule has 1 aliphatic heterocycles. The smallest absolute Gasteiger partial charge is 0.132 e. The van der Waals surface area contributed by atoms with Gasteiger partial charge in [0.2, 0.25) is 0 Å². The maximum Gasteiger partial charge on any atom is 0.132 e. The van der Waals surface area contributed by atoms with E-state index in [1.54, 1.807) is 0 Å². The van der Waals surface area contributed by atoms with Gasteiger partial charge in [-0.2, -0.15) is 0 Å². The molecule has 24 heavy (non-hydrogen) atoms. The van der Waals surface area contributed by atoms with Gasteiger partial charge in [0.25, 0.3) is 0 Å². The van der Waals surface area contributed by atoms with Gasteiger partial charge in [0.15, 0.2) is 0 Å². The average molecular weight is 375 g/mol.